The van der Waals surface area contributed by atoms with Crippen molar-refractivity contribution in [3.8, 4) is 0 Å². The Labute approximate surface area is 94.1 Å². The number of hydrogen-bond donors (Lipinski definition) is 1. The van der Waals surface area contributed by atoms with Crippen molar-refractivity contribution in [2.75, 3.05) is 19.8 Å². The summed E-state index contributed by atoms with van der Waals surface area (Å²) in [7, 11) is 2.14. The molecule has 1 aromatic rings. The monoisotopic (exact) mass is 223 g/mol. The highest BCUT2D eigenvalue weighted by Crippen LogP contribution is 2.41. The lowest BCUT2D eigenvalue weighted by Gasteiger charge is -2.36. The minimum absolute atomic E-state index is 0.0250. The largest absolute Gasteiger partial charge is 0.381 e. The Kier molecular flexibility index (Phi) is 2.36. The molecule has 3 heterocycles. The average Bonchev–Trinajstić information content (AvgIpc) is 2.83. The third-order valence-electron chi connectivity index (χ3n) is 3.37. The third-order valence-corrected chi connectivity index (χ3v) is 4.59. The molecule has 0 aliphatic carbocycles. The fraction of sp³-hybridized carbons (Fsp3) is 0.600. The van der Waals surface area contributed by atoms with Gasteiger partial charge in [0.2, 0.25) is 0 Å². The lowest BCUT2D eigenvalue weighted by Crippen LogP contribution is -2.47. The summed E-state index contributed by atoms with van der Waals surface area (Å²) in [6.07, 6.45) is 1.01. The number of fused-ring (bicyclic) bond motifs is 1. The maximum absolute atomic E-state index is 5.52. The van der Waals surface area contributed by atoms with Gasteiger partial charge in [0.1, 0.15) is 7.85 Å². The van der Waals surface area contributed by atoms with E-state index in [0.717, 1.165) is 26.2 Å². The zero-order valence-electron chi connectivity index (χ0n) is 8.79. The van der Waals surface area contributed by atoms with Gasteiger partial charge in [-0.15, -0.1) is 11.3 Å². The van der Waals surface area contributed by atoms with E-state index in [1.165, 1.54) is 10.3 Å². The molecule has 2 aliphatic heterocycles. The van der Waals surface area contributed by atoms with Crippen molar-refractivity contribution in [3.05, 3.63) is 16.3 Å². The van der Waals surface area contributed by atoms with E-state index >= 15 is 0 Å². The second kappa shape index (κ2) is 3.59. The molecule has 0 bridgehead atoms. The quantitative estimate of drug-likeness (QED) is 0.667. The Morgan fingerprint density at radius 2 is 2.47 bits per heavy atom. The van der Waals surface area contributed by atoms with Crippen molar-refractivity contribution in [2.24, 2.45) is 5.92 Å². The van der Waals surface area contributed by atoms with Crippen LogP contribution < -0.4 is 10.9 Å². The van der Waals surface area contributed by atoms with E-state index in [9.17, 15) is 0 Å². The van der Waals surface area contributed by atoms with Crippen molar-refractivity contribution >= 4 is 24.6 Å². The zero-order chi connectivity index (χ0) is 10.3. The molecule has 5 heteroatoms. The Morgan fingerprint density at radius 3 is 3.27 bits per heavy atom. The van der Waals surface area contributed by atoms with E-state index < -0.39 is 0 Å². The summed E-state index contributed by atoms with van der Waals surface area (Å²) >= 11 is 1.83. The van der Waals surface area contributed by atoms with Crippen LogP contribution in [0.15, 0.2) is 11.4 Å². The molecule has 3 rings (SSSR count). The Hall–Kier alpha value is -0.355. The fourth-order valence-electron chi connectivity index (χ4n) is 2.44. The van der Waals surface area contributed by atoms with Crippen LogP contribution >= 0.6 is 11.3 Å². The topological polar surface area (TPSA) is 30.5 Å². The Bertz CT molecular complexity index is 370. The van der Waals surface area contributed by atoms with Gasteiger partial charge < -0.3 is 9.57 Å². The van der Waals surface area contributed by atoms with Crippen LogP contribution in [-0.2, 0) is 15.1 Å². The van der Waals surface area contributed by atoms with Crippen molar-refractivity contribution < 1.29 is 9.57 Å². The summed E-state index contributed by atoms with van der Waals surface area (Å²) in [6.45, 7) is 2.39. The first kappa shape index (κ1) is 9.84. The second-order valence-electron chi connectivity index (χ2n) is 4.39. The fourth-order valence-corrected chi connectivity index (χ4v) is 3.60. The molecular formula is C10H14BNO2S. The van der Waals surface area contributed by atoms with E-state index in [1.807, 2.05) is 11.3 Å². The number of hydrogen-bond acceptors (Lipinski definition) is 4. The highest BCUT2D eigenvalue weighted by atomic mass is 32.1. The minimum Gasteiger partial charge on any atom is -0.381 e. The molecular weight excluding hydrogens is 209 g/mol. The van der Waals surface area contributed by atoms with Crippen LogP contribution in [0.5, 0.6) is 0 Å². The Balaban J connectivity index is 1.99. The molecule has 80 valence electrons. The van der Waals surface area contributed by atoms with Crippen LogP contribution in [0.4, 0.5) is 0 Å². The maximum atomic E-state index is 5.52. The number of ether oxygens (including phenoxy) is 1. The van der Waals surface area contributed by atoms with Crippen molar-refractivity contribution in [3.63, 3.8) is 0 Å². The van der Waals surface area contributed by atoms with E-state index in [1.54, 1.807) is 0 Å². The van der Waals surface area contributed by atoms with Crippen LogP contribution in [0.3, 0.4) is 0 Å². The number of rotatable bonds is 1. The third kappa shape index (κ3) is 1.46. The maximum Gasteiger partial charge on any atom is 0.140 e. The second-order valence-corrected chi connectivity index (χ2v) is 5.31. The predicted molar refractivity (Wildman–Crippen MR) is 62.2 cm³/mol. The predicted octanol–water partition coefficient (Wildman–Crippen LogP) is -0.227. The molecule has 2 aliphatic rings. The molecule has 0 aromatic carbocycles. The SMILES string of the molecule is Bc1csc([C@]23CCOCC2CON3)c1. The van der Waals surface area contributed by atoms with Gasteiger partial charge in [-0.2, -0.15) is 5.48 Å². The van der Waals surface area contributed by atoms with Gasteiger partial charge in [-0.3, -0.25) is 0 Å². The van der Waals surface area contributed by atoms with Gasteiger partial charge in [-0.1, -0.05) is 11.5 Å². The summed E-state index contributed by atoms with van der Waals surface area (Å²) in [5.74, 6) is 0.462. The van der Waals surface area contributed by atoms with Gasteiger partial charge in [0.05, 0.1) is 18.8 Å². The standard InChI is InChI=1S/C10H14BNO2S/c11-8-3-9(15-6-8)10-1-2-13-4-7(10)5-14-12-10/h3,6-7,12H,1-2,4-5,11H2/t7?,10-/m0/s1. The van der Waals surface area contributed by atoms with E-state index in [4.69, 9.17) is 9.57 Å². The number of thiophene rings is 1. The van der Waals surface area contributed by atoms with E-state index in [0.29, 0.717) is 5.92 Å². The Morgan fingerprint density at radius 1 is 1.53 bits per heavy atom. The highest BCUT2D eigenvalue weighted by Gasteiger charge is 2.48. The van der Waals surface area contributed by atoms with Gasteiger partial charge in [-0.05, 0) is 11.8 Å². The molecule has 15 heavy (non-hydrogen) atoms. The first-order chi connectivity index (χ1) is 7.31. The van der Waals surface area contributed by atoms with Gasteiger partial charge in [0.25, 0.3) is 0 Å². The molecule has 2 fully saturated rings. The number of hydroxylamine groups is 1. The summed E-state index contributed by atoms with van der Waals surface area (Å²) in [5.41, 5.74) is 4.59. The molecule has 0 amide bonds. The van der Waals surface area contributed by atoms with E-state index in [2.05, 4.69) is 24.8 Å². The molecule has 2 saturated heterocycles. The molecule has 0 saturated carbocycles. The summed E-state index contributed by atoms with van der Waals surface area (Å²) < 4.78 is 5.52. The molecule has 0 spiro atoms. The molecule has 1 aromatic heterocycles. The normalized spacial score (nSPS) is 35.3. The van der Waals surface area contributed by atoms with Gasteiger partial charge in [0.15, 0.2) is 0 Å². The van der Waals surface area contributed by atoms with Crippen LogP contribution in [0.1, 0.15) is 11.3 Å². The molecule has 1 N–H and O–H groups in total. The van der Waals surface area contributed by atoms with Crippen molar-refractivity contribution in [1.82, 2.24) is 5.48 Å². The molecule has 0 radical (unpaired) electrons. The molecule has 3 nitrogen and oxygen atoms in total. The lowest BCUT2D eigenvalue weighted by molar-refractivity contribution is 0.00137. The molecule has 1 unspecified atom stereocenters. The van der Waals surface area contributed by atoms with Gasteiger partial charge in [0, 0.05) is 17.4 Å². The average molecular weight is 223 g/mol. The first-order valence-corrected chi connectivity index (χ1v) is 6.21. The van der Waals surface area contributed by atoms with Crippen LogP contribution in [-0.4, -0.2) is 27.7 Å². The molecule has 2 atom stereocenters. The van der Waals surface area contributed by atoms with Crippen molar-refractivity contribution in [2.45, 2.75) is 12.0 Å². The number of nitrogens with one attached hydrogen (secondary N) is 1. The van der Waals surface area contributed by atoms with Gasteiger partial charge >= 0.3 is 0 Å². The summed E-state index contributed by atoms with van der Waals surface area (Å²) in [6, 6.07) is 2.27. The smallest absolute Gasteiger partial charge is 0.140 e. The van der Waals surface area contributed by atoms with Crippen LogP contribution in [0.25, 0.3) is 0 Å². The zero-order valence-corrected chi connectivity index (χ0v) is 9.60. The van der Waals surface area contributed by atoms with Crippen LogP contribution in [0.2, 0.25) is 0 Å². The van der Waals surface area contributed by atoms with Crippen LogP contribution in [0, 0.1) is 5.92 Å². The first-order valence-electron chi connectivity index (χ1n) is 5.33. The highest BCUT2D eigenvalue weighted by molar-refractivity contribution is 7.11. The minimum atomic E-state index is 0.0250. The van der Waals surface area contributed by atoms with Gasteiger partial charge in [-0.25, -0.2) is 0 Å². The van der Waals surface area contributed by atoms with E-state index in [-0.39, 0.29) is 5.54 Å². The summed E-state index contributed by atoms with van der Waals surface area (Å²) in [4.78, 5) is 6.83. The summed E-state index contributed by atoms with van der Waals surface area (Å²) in [5, 5.41) is 2.20. The lowest BCUT2D eigenvalue weighted by atomic mass is 9.80. The van der Waals surface area contributed by atoms with Crippen molar-refractivity contribution in [1.29, 1.82) is 0 Å².